The van der Waals surface area contributed by atoms with Crippen molar-refractivity contribution in [2.24, 2.45) is 0 Å². The first-order valence-electron chi connectivity index (χ1n) is 8.02. The summed E-state index contributed by atoms with van der Waals surface area (Å²) in [6.07, 6.45) is 2.34. The van der Waals surface area contributed by atoms with Crippen molar-refractivity contribution in [3.8, 4) is 0 Å². The summed E-state index contributed by atoms with van der Waals surface area (Å²) in [7, 11) is -3.70. The molecule has 0 aliphatic carbocycles. The first kappa shape index (κ1) is 19.3. The van der Waals surface area contributed by atoms with E-state index in [1.807, 2.05) is 25.1 Å². The number of aliphatic hydroxyl groups is 2. The Balaban J connectivity index is 2.12. The van der Waals surface area contributed by atoms with E-state index in [1.54, 1.807) is 48.6 Å². The fourth-order valence-electron chi connectivity index (χ4n) is 2.35. The molecular formula is C19H23NO4S. The van der Waals surface area contributed by atoms with E-state index in [-0.39, 0.29) is 24.6 Å². The van der Waals surface area contributed by atoms with Gasteiger partial charge in [0, 0.05) is 13.1 Å². The van der Waals surface area contributed by atoms with Gasteiger partial charge in [-0.2, -0.15) is 4.31 Å². The van der Waals surface area contributed by atoms with Crippen molar-refractivity contribution in [3.63, 3.8) is 0 Å². The second kappa shape index (κ2) is 8.92. The van der Waals surface area contributed by atoms with E-state index in [4.69, 9.17) is 0 Å². The zero-order valence-electron chi connectivity index (χ0n) is 14.1. The molecule has 2 aromatic carbocycles. The van der Waals surface area contributed by atoms with Gasteiger partial charge in [0.05, 0.1) is 17.6 Å². The molecule has 0 saturated heterocycles. The van der Waals surface area contributed by atoms with E-state index < -0.39 is 16.1 Å². The molecule has 0 radical (unpaired) electrons. The van der Waals surface area contributed by atoms with Crippen LogP contribution in [0.3, 0.4) is 0 Å². The normalized spacial score (nSPS) is 13.4. The molecule has 5 nitrogen and oxygen atoms in total. The second-order valence-electron chi connectivity index (χ2n) is 5.68. The molecule has 0 saturated carbocycles. The third-order valence-corrected chi connectivity index (χ3v) is 5.66. The highest BCUT2D eigenvalue weighted by molar-refractivity contribution is 7.89. The molecule has 2 N–H and O–H groups in total. The topological polar surface area (TPSA) is 77.8 Å². The van der Waals surface area contributed by atoms with Crippen molar-refractivity contribution >= 4 is 10.0 Å². The van der Waals surface area contributed by atoms with Gasteiger partial charge in [0.25, 0.3) is 0 Å². The summed E-state index contributed by atoms with van der Waals surface area (Å²) in [4.78, 5) is 0.184. The highest BCUT2D eigenvalue weighted by Gasteiger charge is 2.22. The van der Waals surface area contributed by atoms with Gasteiger partial charge in [0.1, 0.15) is 0 Å². The summed E-state index contributed by atoms with van der Waals surface area (Å²) in [6.45, 7) is 1.67. The maximum absolute atomic E-state index is 12.7. The van der Waals surface area contributed by atoms with E-state index in [0.717, 1.165) is 11.1 Å². The Bertz CT molecular complexity index is 786. The number of rotatable bonds is 8. The minimum absolute atomic E-state index is 0.0119. The number of aryl methyl sites for hydroxylation is 1. The van der Waals surface area contributed by atoms with Crippen LogP contribution in [0.1, 0.15) is 17.2 Å². The molecule has 0 aliphatic rings. The van der Waals surface area contributed by atoms with Crippen LogP contribution in [-0.4, -0.2) is 42.6 Å². The second-order valence-corrected chi connectivity index (χ2v) is 7.62. The number of sulfonamides is 1. The Morgan fingerprint density at radius 2 is 1.72 bits per heavy atom. The highest BCUT2D eigenvalue weighted by Crippen LogP contribution is 2.17. The molecule has 1 unspecified atom stereocenters. The van der Waals surface area contributed by atoms with Crippen molar-refractivity contribution < 1.29 is 18.6 Å². The quantitative estimate of drug-likeness (QED) is 0.707. The fourth-order valence-corrected chi connectivity index (χ4v) is 3.73. The van der Waals surface area contributed by atoms with Gasteiger partial charge in [-0.05, 0) is 24.6 Å². The van der Waals surface area contributed by atoms with Crippen molar-refractivity contribution in [3.05, 3.63) is 77.9 Å². The molecule has 0 bridgehead atoms. The Labute approximate surface area is 148 Å². The molecule has 1 atom stereocenters. The average molecular weight is 361 g/mol. The van der Waals surface area contributed by atoms with Gasteiger partial charge in [-0.1, -0.05) is 60.2 Å². The molecule has 134 valence electrons. The van der Waals surface area contributed by atoms with Crippen LogP contribution in [0.25, 0.3) is 0 Å². The van der Waals surface area contributed by atoms with Crippen LogP contribution in [0.4, 0.5) is 0 Å². The van der Waals surface area contributed by atoms with Crippen molar-refractivity contribution in [1.82, 2.24) is 4.31 Å². The van der Waals surface area contributed by atoms with Crippen molar-refractivity contribution in [2.45, 2.75) is 17.9 Å². The third kappa shape index (κ3) is 5.24. The first-order chi connectivity index (χ1) is 11.9. The van der Waals surface area contributed by atoms with E-state index in [0.29, 0.717) is 0 Å². The number of nitrogens with zero attached hydrogens (tertiary/aromatic N) is 1. The SMILES string of the molecule is Cc1ccc(S(=O)(=O)N(C/C=C/C(O)c2ccccc2)CCO)cc1. The monoisotopic (exact) mass is 361 g/mol. The Kier molecular flexibility index (Phi) is 6.90. The molecule has 2 aromatic rings. The molecule has 0 spiro atoms. The zero-order valence-corrected chi connectivity index (χ0v) is 14.9. The van der Waals surface area contributed by atoms with Gasteiger partial charge in [0.2, 0.25) is 10.0 Å². The van der Waals surface area contributed by atoms with Gasteiger partial charge < -0.3 is 10.2 Å². The molecule has 0 aromatic heterocycles. The Morgan fingerprint density at radius 1 is 1.08 bits per heavy atom. The van der Waals surface area contributed by atoms with Crippen molar-refractivity contribution in [2.75, 3.05) is 19.7 Å². The lowest BCUT2D eigenvalue weighted by atomic mass is 10.1. The Hall–Kier alpha value is -1.99. The maximum atomic E-state index is 12.7. The van der Waals surface area contributed by atoms with E-state index in [1.165, 1.54) is 4.31 Å². The van der Waals surface area contributed by atoms with Gasteiger partial charge in [0.15, 0.2) is 0 Å². The fraction of sp³-hybridized carbons (Fsp3) is 0.263. The number of hydrogen-bond acceptors (Lipinski definition) is 4. The number of benzene rings is 2. The van der Waals surface area contributed by atoms with Gasteiger partial charge in [-0.25, -0.2) is 8.42 Å². The maximum Gasteiger partial charge on any atom is 0.243 e. The Morgan fingerprint density at radius 3 is 2.32 bits per heavy atom. The van der Waals surface area contributed by atoms with Crippen LogP contribution < -0.4 is 0 Å². The minimum atomic E-state index is -3.70. The van der Waals surface area contributed by atoms with Crippen LogP contribution in [0.5, 0.6) is 0 Å². The van der Waals surface area contributed by atoms with Crippen LogP contribution in [0.2, 0.25) is 0 Å². The first-order valence-corrected chi connectivity index (χ1v) is 9.46. The summed E-state index contributed by atoms with van der Waals surface area (Å²) in [6, 6.07) is 15.7. The van der Waals surface area contributed by atoms with E-state index in [2.05, 4.69) is 0 Å². The molecule has 25 heavy (non-hydrogen) atoms. The molecule has 2 rings (SSSR count). The summed E-state index contributed by atoms with van der Waals surface area (Å²) in [5, 5.41) is 19.3. The van der Waals surface area contributed by atoms with E-state index in [9.17, 15) is 18.6 Å². The van der Waals surface area contributed by atoms with Gasteiger partial charge in [-0.3, -0.25) is 0 Å². The predicted octanol–water partition coefficient (Wildman–Crippen LogP) is 2.27. The average Bonchev–Trinajstić information content (AvgIpc) is 2.62. The number of hydrogen-bond donors (Lipinski definition) is 2. The molecule has 0 aliphatic heterocycles. The lowest BCUT2D eigenvalue weighted by molar-refractivity contribution is 0.227. The summed E-state index contributed by atoms with van der Waals surface area (Å²) in [5.74, 6) is 0. The smallest absolute Gasteiger partial charge is 0.243 e. The van der Waals surface area contributed by atoms with Gasteiger partial charge >= 0.3 is 0 Å². The van der Waals surface area contributed by atoms with Crippen LogP contribution >= 0.6 is 0 Å². The summed E-state index contributed by atoms with van der Waals surface area (Å²) in [5.41, 5.74) is 1.70. The van der Waals surface area contributed by atoms with Gasteiger partial charge in [-0.15, -0.1) is 0 Å². The highest BCUT2D eigenvalue weighted by atomic mass is 32.2. The zero-order chi connectivity index (χ0) is 18.3. The standard InChI is InChI=1S/C19H23NO4S/c1-16-9-11-18(12-10-16)25(23,24)20(14-15-21)13-5-8-19(22)17-6-3-2-4-7-17/h2-12,19,21-22H,13-15H2,1H3/b8-5+. The molecule has 6 heteroatoms. The predicted molar refractivity (Wildman–Crippen MR) is 97.6 cm³/mol. The van der Waals surface area contributed by atoms with Crippen LogP contribution in [0, 0.1) is 6.92 Å². The van der Waals surface area contributed by atoms with Crippen LogP contribution in [0.15, 0.2) is 71.6 Å². The third-order valence-electron chi connectivity index (χ3n) is 3.78. The summed E-state index contributed by atoms with van der Waals surface area (Å²) >= 11 is 0. The summed E-state index contributed by atoms with van der Waals surface area (Å²) < 4.78 is 26.6. The lowest BCUT2D eigenvalue weighted by Gasteiger charge is -2.20. The van der Waals surface area contributed by atoms with Crippen molar-refractivity contribution in [1.29, 1.82) is 0 Å². The largest absolute Gasteiger partial charge is 0.395 e. The van der Waals surface area contributed by atoms with E-state index >= 15 is 0 Å². The lowest BCUT2D eigenvalue weighted by Crippen LogP contribution is -2.33. The van der Waals surface area contributed by atoms with Crippen LogP contribution in [-0.2, 0) is 10.0 Å². The molecular weight excluding hydrogens is 338 g/mol. The molecule has 0 heterocycles. The minimum Gasteiger partial charge on any atom is -0.395 e. The molecule has 0 amide bonds. The molecule has 0 fully saturated rings. The number of aliphatic hydroxyl groups excluding tert-OH is 2.